The van der Waals surface area contributed by atoms with Gasteiger partial charge in [0, 0.05) is 11.1 Å². The summed E-state index contributed by atoms with van der Waals surface area (Å²) < 4.78 is 16.1. The summed E-state index contributed by atoms with van der Waals surface area (Å²) in [7, 11) is 0. The monoisotopic (exact) mass is 245 g/mol. The van der Waals surface area contributed by atoms with Crippen LogP contribution in [0.5, 0.6) is 11.5 Å². The molecule has 3 rings (SSSR count). The summed E-state index contributed by atoms with van der Waals surface area (Å²) in [5.41, 5.74) is 3.06. The molecule has 1 aliphatic rings. The largest absolute Gasteiger partial charge is 0.454 e. The zero-order chi connectivity index (χ0) is 12.7. The molecule has 0 unspecified atom stereocenters. The van der Waals surface area contributed by atoms with E-state index in [0.717, 1.165) is 34.1 Å². The average molecular weight is 245 g/mol. The molecule has 1 aliphatic heterocycles. The summed E-state index contributed by atoms with van der Waals surface area (Å²) in [5, 5.41) is 4.06. The predicted octanol–water partition coefficient (Wildman–Crippen LogP) is 3.50. The first-order valence-corrected chi connectivity index (χ1v) is 6.03. The number of benzene rings is 1. The molecule has 0 amide bonds. The Morgan fingerprint density at radius 3 is 2.72 bits per heavy atom. The molecule has 4 nitrogen and oxygen atoms in total. The summed E-state index contributed by atoms with van der Waals surface area (Å²) in [6.45, 7) is 6.52. The number of ether oxygens (including phenoxy) is 2. The van der Waals surface area contributed by atoms with Crippen molar-refractivity contribution in [3.8, 4) is 22.8 Å². The van der Waals surface area contributed by atoms with Crippen LogP contribution >= 0.6 is 0 Å². The van der Waals surface area contributed by atoms with Crippen LogP contribution in [-0.2, 0) is 0 Å². The zero-order valence-electron chi connectivity index (χ0n) is 10.7. The predicted molar refractivity (Wildman–Crippen MR) is 66.9 cm³/mol. The lowest BCUT2D eigenvalue weighted by molar-refractivity contribution is 0.174. The van der Waals surface area contributed by atoms with Crippen molar-refractivity contribution < 1.29 is 14.0 Å². The maximum absolute atomic E-state index is 5.46. The van der Waals surface area contributed by atoms with Crippen LogP contribution < -0.4 is 9.47 Å². The normalized spacial score (nSPS) is 13.3. The second-order valence-electron chi connectivity index (χ2n) is 4.73. The van der Waals surface area contributed by atoms with Gasteiger partial charge in [-0.3, -0.25) is 0 Å². The van der Waals surface area contributed by atoms with Crippen LogP contribution in [0.1, 0.15) is 31.0 Å². The topological polar surface area (TPSA) is 44.5 Å². The molecule has 2 aromatic rings. The minimum atomic E-state index is 0.283. The van der Waals surface area contributed by atoms with Crippen molar-refractivity contribution in [3.63, 3.8) is 0 Å². The van der Waals surface area contributed by atoms with Gasteiger partial charge in [0.2, 0.25) is 6.79 Å². The summed E-state index contributed by atoms with van der Waals surface area (Å²) in [5.74, 6) is 2.73. The highest BCUT2D eigenvalue weighted by Gasteiger charge is 2.20. The highest BCUT2D eigenvalue weighted by atomic mass is 16.7. The van der Waals surface area contributed by atoms with Gasteiger partial charge < -0.3 is 14.0 Å². The Kier molecular flexibility index (Phi) is 2.51. The van der Waals surface area contributed by atoms with Crippen molar-refractivity contribution in [1.29, 1.82) is 0 Å². The maximum Gasteiger partial charge on any atom is 0.231 e. The number of nitrogens with zero attached hydrogens (tertiary/aromatic N) is 1. The number of fused-ring (bicyclic) bond motifs is 1. The molecule has 0 atom stereocenters. The van der Waals surface area contributed by atoms with E-state index in [-0.39, 0.29) is 6.79 Å². The van der Waals surface area contributed by atoms with Crippen LogP contribution in [0.3, 0.4) is 0 Å². The number of hydrogen-bond acceptors (Lipinski definition) is 4. The first-order valence-electron chi connectivity index (χ1n) is 6.03. The van der Waals surface area contributed by atoms with E-state index in [0.29, 0.717) is 5.92 Å². The second-order valence-corrected chi connectivity index (χ2v) is 4.73. The van der Waals surface area contributed by atoms with E-state index in [1.807, 2.05) is 25.1 Å². The van der Waals surface area contributed by atoms with Crippen LogP contribution in [0.15, 0.2) is 22.7 Å². The van der Waals surface area contributed by atoms with Gasteiger partial charge in [-0.05, 0) is 31.0 Å². The molecule has 0 bridgehead atoms. The summed E-state index contributed by atoms with van der Waals surface area (Å²) in [4.78, 5) is 0. The first kappa shape index (κ1) is 11.1. The molecular formula is C14H15NO3. The highest BCUT2D eigenvalue weighted by Crippen LogP contribution is 2.38. The van der Waals surface area contributed by atoms with Crippen molar-refractivity contribution in [3.05, 3.63) is 29.5 Å². The minimum Gasteiger partial charge on any atom is -0.454 e. The van der Waals surface area contributed by atoms with Crippen molar-refractivity contribution in [2.45, 2.75) is 26.7 Å². The molecule has 0 N–H and O–H groups in total. The molecule has 18 heavy (non-hydrogen) atoms. The van der Waals surface area contributed by atoms with Crippen LogP contribution in [0.25, 0.3) is 11.3 Å². The fourth-order valence-electron chi connectivity index (χ4n) is 2.30. The van der Waals surface area contributed by atoms with Gasteiger partial charge >= 0.3 is 0 Å². The quantitative estimate of drug-likeness (QED) is 0.812. The van der Waals surface area contributed by atoms with Gasteiger partial charge in [-0.2, -0.15) is 0 Å². The molecule has 0 radical (unpaired) electrons. The van der Waals surface area contributed by atoms with Crippen LogP contribution in [0, 0.1) is 6.92 Å². The molecule has 1 aromatic carbocycles. The third-order valence-electron chi connectivity index (χ3n) is 3.12. The molecule has 0 aliphatic carbocycles. The van der Waals surface area contributed by atoms with E-state index < -0.39 is 0 Å². The Balaban J connectivity index is 2.10. The van der Waals surface area contributed by atoms with Gasteiger partial charge in [0.25, 0.3) is 0 Å². The van der Waals surface area contributed by atoms with Gasteiger partial charge in [0.1, 0.15) is 0 Å². The third-order valence-corrected chi connectivity index (χ3v) is 3.12. The average Bonchev–Trinajstić information content (AvgIpc) is 2.93. The first-order chi connectivity index (χ1) is 8.66. The van der Waals surface area contributed by atoms with Crippen molar-refractivity contribution in [1.82, 2.24) is 5.16 Å². The maximum atomic E-state index is 5.46. The Morgan fingerprint density at radius 1 is 1.17 bits per heavy atom. The van der Waals surface area contributed by atoms with E-state index in [2.05, 4.69) is 19.0 Å². The van der Waals surface area contributed by atoms with Crippen LogP contribution in [-0.4, -0.2) is 11.9 Å². The van der Waals surface area contributed by atoms with E-state index in [1.54, 1.807) is 0 Å². The van der Waals surface area contributed by atoms with E-state index in [1.165, 1.54) is 0 Å². The van der Waals surface area contributed by atoms with Gasteiger partial charge in [-0.1, -0.05) is 19.0 Å². The molecule has 4 heteroatoms. The molecule has 0 saturated heterocycles. The standard InChI is InChI=1S/C14H15NO3/c1-8(2)13-9(3)15-18-14(13)10-4-5-11-12(6-10)17-7-16-11/h4-6,8H,7H2,1-3H3. The van der Waals surface area contributed by atoms with E-state index >= 15 is 0 Å². The fourth-order valence-corrected chi connectivity index (χ4v) is 2.30. The van der Waals surface area contributed by atoms with Crippen molar-refractivity contribution in [2.24, 2.45) is 0 Å². The lowest BCUT2D eigenvalue weighted by atomic mass is 9.97. The van der Waals surface area contributed by atoms with Gasteiger partial charge in [0.15, 0.2) is 17.3 Å². The Bertz CT molecular complexity index is 587. The smallest absolute Gasteiger partial charge is 0.231 e. The molecule has 0 saturated carbocycles. The summed E-state index contributed by atoms with van der Waals surface area (Å²) in [6, 6.07) is 5.81. The fraction of sp³-hybridized carbons (Fsp3) is 0.357. The van der Waals surface area contributed by atoms with Crippen LogP contribution in [0.2, 0.25) is 0 Å². The van der Waals surface area contributed by atoms with E-state index in [9.17, 15) is 0 Å². The number of hydrogen-bond donors (Lipinski definition) is 0. The number of rotatable bonds is 2. The second kappa shape index (κ2) is 4.05. The van der Waals surface area contributed by atoms with Gasteiger partial charge in [-0.25, -0.2) is 0 Å². The summed E-state index contributed by atoms with van der Waals surface area (Å²) >= 11 is 0. The Labute approximate surface area is 105 Å². The Morgan fingerprint density at radius 2 is 1.94 bits per heavy atom. The molecule has 0 spiro atoms. The molecule has 2 heterocycles. The SMILES string of the molecule is Cc1noc(-c2ccc3c(c2)OCO3)c1C(C)C. The third kappa shape index (κ3) is 1.65. The summed E-state index contributed by atoms with van der Waals surface area (Å²) in [6.07, 6.45) is 0. The molecular weight excluding hydrogens is 230 g/mol. The van der Waals surface area contributed by atoms with Crippen LogP contribution in [0.4, 0.5) is 0 Å². The lowest BCUT2D eigenvalue weighted by Gasteiger charge is -2.06. The lowest BCUT2D eigenvalue weighted by Crippen LogP contribution is -1.93. The van der Waals surface area contributed by atoms with Gasteiger partial charge in [-0.15, -0.1) is 0 Å². The Hall–Kier alpha value is -1.97. The molecule has 94 valence electrons. The molecule has 0 fully saturated rings. The van der Waals surface area contributed by atoms with Gasteiger partial charge in [0.05, 0.1) is 5.69 Å². The highest BCUT2D eigenvalue weighted by molar-refractivity contribution is 5.66. The zero-order valence-corrected chi connectivity index (χ0v) is 10.7. The number of aromatic nitrogens is 1. The minimum absolute atomic E-state index is 0.283. The van der Waals surface area contributed by atoms with Crippen molar-refractivity contribution in [2.75, 3.05) is 6.79 Å². The van der Waals surface area contributed by atoms with E-state index in [4.69, 9.17) is 14.0 Å². The molecule has 1 aromatic heterocycles. The number of aryl methyl sites for hydroxylation is 1. The van der Waals surface area contributed by atoms with Crippen molar-refractivity contribution >= 4 is 0 Å².